The summed E-state index contributed by atoms with van der Waals surface area (Å²) in [7, 11) is 0. The van der Waals surface area contributed by atoms with Gasteiger partial charge in [0.2, 0.25) is 0 Å². The molecule has 2 nitrogen and oxygen atoms in total. The van der Waals surface area contributed by atoms with Crippen LogP contribution in [0.3, 0.4) is 0 Å². The predicted octanol–water partition coefficient (Wildman–Crippen LogP) is 2.40. The Balaban J connectivity index is 2.56. The number of rotatable bonds is 4. The van der Waals surface area contributed by atoms with Gasteiger partial charge in [0.15, 0.2) is 0 Å². The van der Waals surface area contributed by atoms with Crippen LogP contribution in [-0.4, -0.2) is 12.5 Å². The van der Waals surface area contributed by atoms with Crippen molar-refractivity contribution < 1.29 is 4.79 Å². The van der Waals surface area contributed by atoms with Gasteiger partial charge in [-0.1, -0.05) is 31.5 Å². The summed E-state index contributed by atoms with van der Waals surface area (Å²) in [5, 5.41) is 2.86. The monoisotopic (exact) mass is 190 g/mol. The van der Waals surface area contributed by atoms with Crippen LogP contribution in [0.15, 0.2) is 24.3 Å². The van der Waals surface area contributed by atoms with E-state index in [0.29, 0.717) is 5.56 Å². The average Bonchev–Trinajstić information content (AvgIpc) is 2.18. The van der Waals surface area contributed by atoms with E-state index in [1.165, 1.54) is 0 Å². The van der Waals surface area contributed by atoms with Gasteiger partial charge in [-0.05, 0) is 25.0 Å². The van der Waals surface area contributed by atoms with Gasteiger partial charge in [-0.3, -0.25) is 4.79 Å². The zero-order chi connectivity index (χ0) is 10.4. The average molecular weight is 190 g/mol. The van der Waals surface area contributed by atoms with Crippen molar-refractivity contribution in [3.8, 4) is 0 Å². The highest BCUT2D eigenvalue weighted by atomic mass is 16.1. The van der Waals surface area contributed by atoms with Crippen LogP contribution >= 0.6 is 0 Å². The van der Waals surface area contributed by atoms with Crippen molar-refractivity contribution in [3.63, 3.8) is 0 Å². The van der Waals surface area contributed by atoms with E-state index in [1.54, 1.807) is 6.07 Å². The topological polar surface area (TPSA) is 29.1 Å². The smallest absolute Gasteiger partial charge is 0.251 e. The molecule has 1 N–H and O–H groups in total. The molecule has 1 radical (unpaired) electrons. The molecule has 0 aliphatic heterocycles. The summed E-state index contributed by atoms with van der Waals surface area (Å²) in [6, 6.07) is 7.37. The standard InChI is InChI=1S/C12H16NO/c1-3-4-9-13-12(14)11-8-6-5-7-10(11)2/h5-8H,2-4,9H2,1H3,(H,13,14). The first-order chi connectivity index (χ1) is 6.75. The van der Waals surface area contributed by atoms with Crippen LogP contribution in [0.25, 0.3) is 0 Å². The SMILES string of the molecule is [CH2]c1ccccc1C(=O)NCCCC. The Labute approximate surface area is 85.3 Å². The van der Waals surface area contributed by atoms with Crippen LogP contribution in [0.2, 0.25) is 0 Å². The first kappa shape index (κ1) is 10.8. The van der Waals surface area contributed by atoms with E-state index in [9.17, 15) is 4.79 Å². The van der Waals surface area contributed by atoms with Crippen molar-refractivity contribution in [2.24, 2.45) is 0 Å². The number of amides is 1. The predicted molar refractivity (Wildman–Crippen MR) is 58.1 cm³/mol. The normalized spacial score (nSPS) is 9.86. The summed E-state index contributed by atoms with van der Waals surface area (Å²) in [6.45, 7) is 6.65. The fraction of sp³-hybridized carbons (Fsp3) is 0.333. The molecule has 0 heterocycles. The molecule has 1 rings (SSSR count). The molecule has 14 heavy (non-hydrogen) atoms. The Hall–Kier alpha value is -1.31. The molecule has 1 amide bonds. The quantitative estimate of drug-likeness (QED) is 0.726. The molecule has 0 unspecified atom stereocenters. The first-order valence-electron chi connectivity index (χ1n) is 4.95. The van der Waals surface area contributed by atoms with Gasteiger partial charge in [-0.15, -0.1) is 0 Å². The highest BCUT2D eigenvalue weighted by Gasteiger charge is 2.06. The summed E-state index contributed by atoms with van der Waals surface area (Å²) in [5.41, 5.74) is 1.45. The third-order valence-corrected chi connectivity index (χ3v) is 2.08. The van der Waals surface area contributed by atoms with Crippen molar-refractivity contribution in [2.45, 2.75) is 19.8 Å². The Bertz CT molecular complexity index is 307. The Morgan fingerprint density at radius 2 is 2.14 bits per heavy atom. The van der Waals surface area contributed by atoms with E-state index in [2.05, 4.69) is 19.2 Å². The maximum absolute atomic E-state index is 11.6. The van der Waals surface area contributed by atoms with Crippen LogP contribution in [-0.2, 0) is 0 Å². The molecule has 1 aromatic carbocycles. The van der Waals surface area contributed by atoms with Crippen LogP contribution in [0.5, 0.6) is 0 Å². The molecular weight excluding hydrogens is 174 g/mol. The van der Waals surface area contributed by atoms with Crippen molar-refractivity contribution in [1.82, 2.24) is 5.32 Å². The van der Waals surface area contributed by atoms with Crippen molar-refractivity contribution >= 4 is 5.91 Å². The summed E-state index contributed by atoms with van der Waals surface area (Å²) >= 11 is 0. The molecule has 0 spiro atoms. The highest BCUT2D eigenvalue weighted by Crippen LogP contribution is 2.06. The second kappa shape index (κ2) is 5.43. The highest BCUT2D eigenvalue weighted by molar-refractivity contribution is 5.95. The van der Waals surface area contributed by atoms with E-state index in [0.717, 1.165) is 24.9 Å². The van der Waals surface area contributed by atoms with E-state index in [1.807, 2.05) is 18.2 Å². The largest absolute Gasteiger partial charge is 0.352 e. The van der Waals surface area contributed by atoms with Crippen LogP contribution in [0.4, 0.5) is 0 Å². The minimum Gasteiger partial charge on any atom is -0.352 e. The molecular formula is C12H16NO. The second-order valence-electron chi connectivity index (χ2n) is 3.27. The number of carbonyl (C=O) groups excluding carboxylic acids is 1. The Morgan fingerprint density at radius 1 is 1.43 bits per heavy atom. The molecule has 0 aliphatic rings. The minimum absolute atomic E-state index is 0.0240. The Morgan fingerprint density at radius 3 is 2.79 bits per heavy atom. The number of hydrogen-bond acceptors (Lipinski definition) is 1. The lowest BCUT2D eigenvalue weighted by atomic mass is 10.1. The number of benzene rings is 1. The summed E-state index contributed by atoms with van der Waals surface area (Å²) in [5.74, 6) is -0.0240. The third-order valence-electron chi connectivity index (χ3n) is 2.08. The molecule has 0 fully saturated rings. The van der Waals surface area contributed by atoms with Gasteiger partial charge in [0.1, 0.15) is 0 Å². The lowest BCUT2D eigenvalue weighted by molar-refractivity contribution is 0.0953. The van der Waals surface area contributed by atoms with Crippen LogP contribution in [0.1, 0.15) is 35.7 Å². The molecule has 0 atom stereocenters. The van der Waals surface area contributed by atoms with E-state index >= 15 is 0 Å². The first-order valence-corrected chi connectivity index (χ1v) is 4.95. The van der Waals surface area contributed by atoms with Gasteiger partial charge < -0.3 is 5.32 Å². The summed E-state index contributed by atoms with van der Waals surface area (Å²) in [4.78, 5) is 11.6. The fourth-order valence-corrected chi connectivity index (χ4v) is 1.22. The summed E-state index contributed by atoms with van der Waals surface area (Å²) in [6.07, 6.45) is 2.11. The van der Waals surface area contributed by atoms with Crippen molar-refractivity contribution in [1.29, 1.82) is 0 Å². The number of unbranched alkanes of at least 4 members (excludes halogenated alkanes) is 1. The van der Waals surface area contributed by atoms with Gasteiger partial charge in [-0.25, -0.2) is 0 Å². The lowest BCUT2D eigenvalue weighted by Gasteiger charge is -2.06. The third kappa shape index (κ3) is 2.87. The maximum atomic E-state index is 11.6. The molecule has 0 saturated carbocycles. The molecule has 1 aromatic rings. The van der Waals surface area contributed by atoms with E-state index in [4.69, 9.17) is 0 Å². The summed E-state index contributed by atoms with van der Waals surface area (Å²) < 4.78 is 0. The number of hydrogen-bond donors (Lipinski definition) is 1. The molecule has 0 bridgehead atoms. The van der Waals surface area contributed by atoms with Crippen LogP contribution < -0.4 is 5.32 Å². The molecule has 0 aromatic heterocycles. The van der Waals surface area contributed by atoms with Crippen molar-refractivity contribution in [3.05, 3.63) is 42.3 Å². The fourth-order valence-electron chi connectivity index (χ4n) is 1.22. The zero-order valence-electron chi connectivity index (χ0n) is 8.55. The molecule has 0 aliphatic carbocycles. The van der Waals surface area contributed by atoms with Crippen molar-refractivity contribution in [2.75, 3.05) is 6.54 Å². The zero-order valence-corrected chi connectivity index (χ0v) is 8.55. The van der Waals surface area contributed by atoms with Gasteiger partial charge in [0, 0.05) is 12.1 Å². The molecule has 2 heteroatoms. The minimum atomic E-state index is -0.0240. The second-order valence-corrected chi connectivity index (χ2v) is 3.27. The van der Waals surface area contributed by atoms with Crippen LogP contribution in [0, 0.1) is 6.92 Å². The van der Waals surface area contributed by atoms with E-state index < -0.39 is 0 Å². The van der Waals surface area contributed by atoms with Gasteiger partial charge >= 0.3 is 0 Å². The van der Waals surface area contributed by atoms with Gasteiger partial charge in [-0.2, -0.15) is 0 Å². The molecule has 0 saturated heterocycles. The molecule has 75 valence electrons. The van der Waals surface area contributed by atoms with Gasteiger partial charge in [0.25, 0.3) is 5.91 Å². The maximum Gasteiger partial charge on any atom is 0.251 e. The van der Waals surface area contributed by atoms with Gasteiger partial charge in [0.05, 0.1) is 0 Å². The number of carbonyl (C=O) groups is 1. The van der Waals surface area contributed by atoms with E-state index in [-0.39, 0.29) is 5.91 Å². The Kier molecular flexibility index (Phi) is 4.17. The number of nitrogens with one attached hydrogen (secondary N) is 1. The lowest BCUT2D eigenvalue weighted by Crippen LogP contribution is -2.24.